The highest BCUT2D eigenvalue weighted by atomic mass is 16.6. The van der Waals surface area contributed by atoms with Crippen molar-refractivity contribution in [1.82, 2.24) is 4.90 Å². The molecule has 28 heavy (non-hydrogen) atoms. The van der Waals surface area contributed by atoms with Crippen LogP contribution in [-0.2, 0) is 27.3 Å². The Morgan fingerprint density at radius 1 is 1.04 bits per heavy atom. The average molecular weight is 378 g/mol. The predicted molar refractivity (Wildman–Crippen MR) is 102 cm³/mol. The quantitative estimate of drug-likeness (QED) is 0.720. The second-order valence-electron chi connectivity index (χ2n) is 6.62. The number of benzene rings is 2. The van der Waals surface area contributed by atoms with Crippen LogP contribution in [0.1, 0.15) is 29.5 Å². The van der Waals surface area contributed by atoms with Crippen molar-refractivity contribution in [2.24, 2.45) is 0 Å². The third-order valence-electron chi connectivity index (χ3n) is 4.68. The molecule has 0 radical (unpaired) electrons. The molecule has 1 fully saturated rings. The number of carbonyl (C=O) groups excluding carboxylic acids is 2. The Morgan fingerprint density at radius 3 is 2.50 bits per heavy atom. The van der Waals surface area contributed by atoms with E-state index >= 15 is 0 Å². The van der Waals surface area contributed by atoms with Crippen LogP contribution in [0.4, 0.5) is 4.79 Å². The van der Waals surface area contributed by atoms with Gasteiger partial charge in [-0.15, -0.1) is 0 Å². The molecule has 3 rings (SSSR count). The molecule has 0 aromatic heterocycles. The standard InChI is InChI=1S/C22H22N2O4/c23-15-18-10-8-17(9-11-18)12-14-27-22(26)24-13-4-7-20(24)21(25)28-16-19-5-2-1-3-6-19/h1-3,5-6,8-11,20H,4,7,12-14,16H2. The molecule has 6 heteroatoms. The van der Waals surface area contributed by atoms with E-state index in [2.05, 4.69) is 6.07 Å². The van der Waals surface area contributed by atoms with Gasteiger partial charge in [0.15, 0.2) is 0 Å². The highest BCUT2D eigenvalue weighted by Crippen LogP contribution is 2.20. The van der Waals surface area contributed by atoms with Crippen molar-refractivity contribution in [3.8, 4) is 6.07 Å². The molecule has 6 nitrogen and oxygen atoms in total. The summed E-state index contributed by atoms with van der Waals surface area (Å²) in [5, 5.41) is 8.81. The van der Waals surface area contributed by atoms with Crippen LogP contribution < -0.4 is 0 Å². The zero-order valence-corrected chi connectivity index (χ0v) is 15.5. The number of rotatable bonds is 6. The highest BCUT2D eigenvalue weighted by Gasteiger charge is 2.36. The van der Waals surface area contributed by atoms with Crippen LogP contribution in [0.25, 0.3) is 0 Å². The Labute approximate surface area is 164 Å². The van der Waals surface area contributed by atoms with Crippen LogP contribution in [0.3, 0.4) is 0 Å². The molecule has 144 valence electrons. The fraction of sp³-hybridized carbons (Fsp3) is 0.318. The minimum atomic E-state index is -0.592. The van der Waals surface area contributed by atoms with E-state index < -0.39 is 18.1 Å². The van der Waals surface area contributed by atoms with Crippen molar-refractivity contribution < 1.29 is 19.1 Å². The highest BCUT2D eigenvalue weighted by molar-refractivity contribution is 5.82. The van der Waals surface area contributed by atoms with Crippen molar-refractivity contribution >= 4 is 12.1 Å². The van der Waals surface area contributed by atoms with E-state index in [9.17, 15) is 9.59 Å². The maximum atomic E-state index is 12.4. The van der Waals surface area contributed by atoms with E-state index in [0.29, 0.717) is 24.9 Å². The van der Waals surface area contributed by atoms with Gasteiger partial charge in [-0.05, 0) is 36.1 Å². The number of carbonyl (C=O) groups is 2. The van der Waals surface area contributed by atoms with Gasteiger partial charge in [0, 0.05) is 13.0 Å². The molecule has 0 spiro atoms. The largest absolute Gasteiger partial charge is 0.459 e. The molecule has 0 bridgehead atoms. The third kappa shape index (κ3) is 5.10. The minimum absolute atomic E-state index is 0.192. The van der Waals surface area contributed by atoms with Crippen molar-refractivity contribution in [1.29, 1.82) is 5.26 Å². The Hall–Kier alpha value is -3.33. The molecule has 2 aromatic carbocycles. The summed E-state index contributed by atoms with van der Waals surface area (Å²) >= 11 is 0. The third-order valence-corrected chi connectivity index (χ3v) is 4.68. The first kappa shape index (κ1) is 19.4. The summed E-state index contributed by atoms with van der Waals surface area (Å²) in [4.78, 5) is 26.2. The SMILES string of the molecule is N#Cc1ccc(CCOC(=O)N2CCCC2C(=O)OCc2ccccc2)cc1. The lowest BCUT2D eigenvalue weighted by molar-refractivity contribution is -0.149. The number of ether oxygens (including phenoxy) is 2. The second kappa shape index (κ2) is 9.56. The van der Waals surface area contributed by atoms with Gasteiger partial charge in [0.1, 0.15) is 12.6 Å². The lowest BCUT2D eigenvalue weighted by atomic mass is 10.1. The minimum Gasteiger partial charge on any atom is -0.459 e. The van der Waals surface area contributed by atoms with E-state index in [1.165, 1.54) is 4.90 Å². The van der Waals surface area contributed by atoms with Gasteiger partial charge in [-0.3, -0.25) is 4.90 Å². The van der Waals surface area contributed by atoms with Crippen molar-refractivity contribution in [2.45, 2.75) is 31.9 Å². The van der Waals surface area contributed by atoms with Gasteiger partial charge >= 0.3 is 12.1 Å². The maximum absolute atomic E-state index is 12.4. The molecule has 0 aliphatic carbocycles. The first-order valence-electron chi connectivity index (χ1n) is 9.30. The van der Waals surface area contributed by atoms with Crippen LogP contribution >= 0.6 is 0 Å². The summed E-state index contributed by atoms with van der Waals surface area (Å²) in [6, 6.07) is 18.1. The molecule has 1 aliphatic rings. The smallest absolute Gasteiger partial charge is 0.410 e. The fourth-order valence-corrected chi connectivity index (χ4v) is 3.14. The van der Waals surface area contributed by atoms with E-state index in [-0.39, 0.29) is 13.2 Å². The molecule has 2 aromatic rings. The van der Waals surface area contributed by atoms with Gasteiger partial charge in [0.25, 0.3) is 0 Å². The Morgan fingerprint density at radius 2 is 1.79 bits per heavy atom. The molecule has 1 amide bonds. The number of likely N-dealkylation sites (tertiary alicyclic amines) is 1. The zero-order valence-electron chi connectivity index (χ0n) is 15.5. The first-order valence-corrected chi connectivity index (χ1v) is 9.30. The summed E-state index contributed by atoms with van der Waals surface area (Å²) in [6.07, 6.45) is 1.38. The van der Waals surface area contributed by atoms with Crippen molar-refractivity contribution in [3.05, 3.63) is 71.3 Å². The van der Waals surface area contributed by atoms with Gasteiger partial charge in [-0.1, -0.05) is 42.5 Å². The lowest BCUT2D eigenvalue weighted by Crippen LogP contribution is -2.41. The normalized spacial score (nSPS) is 15.7. The van der Waals surface area contributed by atoms with Gasteiger partial charge in [-0.25, -0.2) is 9.59 Å². The van der Waals surface area contributed by atoms with Crippen LogP contribution in [0.15, 0.2) is 54.6 Å². The van der Waals surface area contributed by atoms with Crippen molar-refractivity contribution in [3.63, 3.8) is 0 Å². The van der Waals surface area contributed by atoms with Gasteiger partial charge in [0.2, 0.25) is 0 Å². The Balaban J connectivity index is 1.46. The molecule has 0 N–H and O–H groups in total. The zero-order chi connectivity index (χ0) is 19.8. The van der Waals surface area contributed by atoms with E-state index in [1.54, 1.807) is 12.1 Å². The van der Waals surface area contributed by atoms with Crippen LogP contribution in [0.5, 0.6) is 0 Å². The topological polar surface area (TPSA) is 79.6 Å². The van der Waals surface area contributed by atoms with Crippen LogP contribution in [-0.4, -0.2) is 36.2 Å². The van der Waals surface area contributed by atoms with E-state index in [4.69, 9.17) is 14.7 Å². The molecule has 1 atom stereocenters. The molecule has 0 saturated carbocycles. The summed E-state index contributed by atoms with van der Waals surface area (Å²) < 4.78 is 10.7. The second-order valence-corrected chi connectivity index (χ2v) is 6.62. The van der Waals surface area contributed by atoms with E-state index in [1.807, 2.05) is 42.5 Å². The monoisotopic (exact) mass is 378 g/mol. The number of nitriles is 1. The first-order chi connectivity index (χ1) is 13.7. The summed E-state index contributed by atoms with van der Waals surface area (Å²) in [6.45, 7) is 0.894. The number of esters is 1. The predicted octanol–water partition coefficient (Wildman–Crippen LogP) is 3.45. The van der Waals surface area contributed by atoms with E-state index in [0.717, 1.165) is 17.5 Å². The van der Waals surface area contributed by atoms with Crippen molar-refractivity contribution in [2.75, 3.05) is 13.2 Å². The molecule has 1 heterocycles. The van der Waals surface area contributed by atoms with Crippen LogP contribution in [0.2, 0.25) is 0 Å². The number of hydrogen-bond donors (Lipinski definition) is 0. The Bertz CT molecular complexity index is 843. The summed E-state index contributed by atoms with van der Waals surface area (Å²) in [7, 11) is 0. The molecular formula is C22H22N2O4. The average Bonchev–Trinajstić information content (AvgIpc) is 3.23. The van der Waals surface area contributed by atoms with Gasteiger partial charge in [0.05, 0.1) is 18.2 Å². The Kier molecular flexibility index (Phi) is 6.64. The lowest BCUT2D eigenvalue weighted by Gasteiger charge is -2.22. The maximum Gasteiger partial charge on any atom is 0.410 e. The molecule has 1 saturated heterocycles. The fourth-order valence-electron chi connectivity index (χ4n) is 3.14. The van der Waals surface area contributed by atoms with Crippen LogP contribution in [0, 0.1) is 11.3 Å². The molecule has 1 aliphatic heterocycles. The number of amides is 1. The number of hydrogen-bond acceptors (Lipinski definition) is 5. The number of nitrogens with zero attached hydrogens (tertiary/aromatic N) is 2. The molecule has 1 unspecified atom stereocenters. The molecular weight excluding hydrogens is 356 g/mol. The summed E-state index contributed by atoms with van der Waals surface area (Å²) in [5.41, 5.74) is 2.48. The van der Waals surface area contributed by atoms with Gasteiger partial charge in [-0.2, -0.15) is 5.26 Å². The summed E-state index contributed by atoms with van der Waals surface area (Å²) in [5.74, 6) is -0.398. The van der Waals surface area contributed by atoms with Gasteiger partial charge < -0.3 is 9.47 Å².